The minimum Gasteiger partial charge on any atom is -0.478 e. The van der Waals surface area contributed by atoms with Crippen molar-refractivity contribution in [1.82, 2.24) is 10.2 Å². The average molecular weight is 376 g/mol. The Bertz CT molecular complexity index is 857. The van der Waals surface area contributed by atoms with E-state index < -0.39 is 35.8 Å². The second-order valence-corrected chi connectivity index (χ2v) is 6.38. The van der Waals surface area contributed by atoms with E-state index in [0.29, 0.717) is 5.56 Å². The van der Waals surface area contributed by atoms with Crippen LogP contribution in [0.4, 0.5) is 13.6 Å². The second kappa shape index (κ2) is 7.71. The van der Waals surface area contributed by atoms with E-state index in [4.69, 9.17) is 5.11 Å². The smallest absolute Gasteiger partial charge is 0.335 e. The van der Waals surface area contributed by atoms with Gasteiger partial charge < -0.3 is 20.4 Å². The van der Waals surface area contributed by atoms with Crippen molar-refractivity contribution in [3.05, 3.63) is 70.8 Å². The van der Waals surface area contributed by atoms with E-state index in [1.807, 2.05) is 0 Å². The summed E-state index contributed by atoms with van der Waals surface area (Å²) in [5.74, 6) is -2.30. The molecule has 2 atom stereocenters. The van der Waals surface area contributed by atoms with Gasteiger partial charge in [0.05, 0.1) is 17.7 Å². The number of urea groups is 1. The van der Waals surface area contributed by atoms with E-state index in [2.05, 4.69) is 5.32 Å². The SMILES string of the molecule is O=C(O)c1ccc(CNC(=O)N2CC(O)CC2c2cc(F)ccc2F)cc1. The summed E-state index contributed by atoms with van der Waals surface area (Å²) in [5.41, 5.74) is 0.837. The lowest BCUT2D eigenvalue weighted by molar-refractivity contribution is 0.0696. The number of aromatic carboxylic acids is 1. The van der Waals surface area contributed by atoms with Gasteiger partial charge in [0.1, 0.15) is 11.6 Å². The number of nitrogens with zero attached hydrogens (tertiary/aromatic N) is 1. The van der Waals surface area contributed by atoms with Gasteiger partial charge >= 0.3 is 12.0 Å². The number of β-amino-alcohol motifs (C(OH)–C–C–N with tert-alkyl or cyclic N) is 1. The summed E-state index contributed by atoms with van der Waals surface area (Å²) in [5, 5.41) is 21.5. The largest absolute Gasteiger partial charge is 0.478 e. The van der Waals surface area contributed by atoms with Gasteiger partial charge in [0, 0.05) is 18.7 Å². The number of carbonyl (C=O) groups excluding carboxylic acids is 1. The Morgan fingerprint density at radius 2 is 1.85 bits per heavy atom. The maximum atomic E-state index is 14.1. The number of halogens is 2. The number of amides is 2. The molecular weight excluding hydrogens is 358 g/mol. The molecule has 3 N–H and O–H groups in total. The third-order valence-electron chi connectivity index (χ3n) is 4.50. The van der Waals surface area contributed by atoms with E-state index in [0.717, 1.165) is 18.2 Å². The number of aliphatic hydroxyl groups is 1. The zero-order valence-electron chi connectivity index (χ0n) is 14.2. The Hall–Kier alpha value is -3.00. The lowest BCUT2D eigenvalue weighted by atomic mass is 10.0. The van der Waals surface area contributed by atoms with Crippen molar-refractivity contribution >= 4 is 12.0 Å². The highest BCUT2D eigenvalue weighted by atomic mass is 19.1. The molecule has 2 aromatic rings. The molecule has 0 saturated carbocycles. The molecule has 0 spiro atoms. The minimum atomic E-state index is -1.04. The fraction of sp³-hybridized carbons (Fsp3) is 0.263. The number of hydrogen-bond donors (Lipinski definition) is 3. The first-order valence-electron chi connectivity index (χ1n) is 8.35. The van der Waals surface area contributed by atoms with Crippen LogP contribution in [0.3, 0.4) is 0 Å². The zero-order valence-corrected chi connectivity index (χ0v) is 14.2. The fourth-order valence-electron chi connectivity index (χ4n) is 3.15. The van der Waals surface area contributed by atoms with Crippen LogP contribution in [-0.4, -0.2) is 39.8 Å². The van der Waals surface area contributed by atoms with Crippen molar-refractivity contribution in [3.8, 4) is 0 Å². The van der Waals surface area contributed by atoms with Gasteiger partial charge in [-0.3, -0.25) is 0 Å². The number of carbonyl (C=O) groups is 2. The number of aliphatic hydroxyl groups excluding tert-OH is 1. The Morgan fingerprint density at radius 1 is 1.15 bits per heavy atom. The van der Waals surface area contributed by atoms with E-state index >= 15 is 0 Å². The Balaban J connectivity index is 1.70. The molecule has 0 aromatic heterocycles. The number of nitrogens with one attached hydrogen (secondary N) is 1. The van der Waals surface area contributed by atoms with Crippen LogP contribution in [0.1, 0.15) is 33.9 Å². The molecule has 3 rings (SSSR count). The van der Waals surface area contributed by atoms with Crippen molar-refractivity contribution in [2.75, 3.05) is 6.54 Å². The molecule has 1 heterocycles. The van der Waals surface area contributed by atoms with Crippen LogP contribution in [-0.2, 0) is 6.54 Å². The molecular formula is C19H18F2N2O4. The molecule has 8 heteroatoms. The summed E-state index contributed by atoms with van der Waals surface area (Å²) in [4.78, 5) is 24.6. The standard InChI is InChI=1S/C19H18F2N2O4/c20-13-5-6-16(21)15(7-13)17-8-14(24)10-23(17)19(27)22-9-11-1-3-12(4-2-11)18(25)26/h1-7,14,17,24H,8-10H2,(H,22,27)(H,25,26). The van der Waals surface area contributed by atoms with E-state index in [-0.39, 0.29) is 30.6 Å². The summed E-state index contributed by atoms with van der Waals surface area (Å²) in [6, 6.07) is 7.72. The number of carboxylic acids is 1. The highest BCUT2D eigenvalue weighted by molar-refractivity contribution is 5.87. The predicted molar refractivity (Wildman–Crippen MR) is 92.1 cm³/mol. The molecule has 0 radical (unpaired) electrons. The van der Waals surface area contributed by atoms with E-state index in [1.54, 1.807) is 12.1 Å². The summed E-state index contributed by atoms with van der Waals surface area (Å²) in [6.07, 6.45) is -0.723. The molecule has 6 nitrogen and oxygen atoms in total. The Kier molecular flexibility index (Phi) is 5.36. The first-order valence-corrected chi connectivity index (χ1v) is 8.35. The molecule has 0 aliphatic carbocycles. The van der Waals surface area contributed by atoms with Gasteiger partial charge in [-0.1, -0.05) is 12.1 Å². The maximum absolute atomic E-state index is 14.1. The molecule has 2 amide bonds. The van der Waals surface area contributed by atoms with Gasteiger partial charge in [-0.25, -0.2) is 18.4 Å². The van der Waals surface area contributed by atoms with Crippen LogP contribution in [0.25, 0.3) is 0 Å². The molecule has 2 unspecified atom stereocenters. The highest BCUT2D eigenvalue weighted by Gasteiger charge is 2.36. The van der Waals surface area contributed by atoms with Gasteiger partial charge in [0.2, 0.25) is 0 Å². The van der Waals surface area contributed by atoms with Crippen molar-refractivity contribution in [2.45, 2.75) is 25.1 Å². The highest BCUT2D eigenvalue weighted by Crippen LogP contribution is 2.34. The zero-order chi connectivity index (χ0) is 19.6. The third-order valence-corrected chi connectivity index (χ3v) is 4.50. The van der Waals surface area contributed by atoms with Gasteiger partial charge in [-0.2, -0.15) is 0 Å². The van der Waals surface area contributed by atoms with Crippen LogP contribution in [0.2, 0.25) is 0 Å². The van der Waals surface area contributed by atoms with Crippen molar-refractivity contribution < 1.29 is 28.6 Å². The van der Waals surface area contributed by atoms with Crippen LogP contribution in [0.15, 0.2) is 42.5 Å². The third kappa shape index (κ3) is 4.22. The lowest BCUT2D eigenvalue weighted by Gasteiger charge is -2.25. The van der Waals surface area contributed by atoms with Gasteiger partial charge in [0.25, 0.3) is 0 Å². The molecule has 1 saturated heterocycles. The van der Waals surface area contributed by atoms with Crippen LogP contribution < -0.4 is 5.32 Å². The molecule has 142 valence electrons. The molecule has 1 fully saturated rings. The Labute approximate surface area is 154 Å². The second-order valence-electron chi connectivity index (χ2n) is 6.38. The summed E-state index contributed by atoms with van der Waals surface area (Å²) in [6.45, 7) is 0.133. The summed E-state index contributed by atoms with van der Waals surface area (Å²) >= 11 is 0. The molecule has 27 heavy (non-hydrogen) atoms. The molecule has 1 aliphatic rings. The average Bonchev–Trinajstić information content (AvgIpc) is 3.03. The molecule has 2 aromatic carbocycles. The number of benzene rings is 2. The summed E-state index contributed by atoms with van der Waals surface area (Å²) < 4.78 is 27.6. The topological polar surface area (TPSA) is 89.9 Å². The van der Waals surface area contributed by atoms with Crippen LogP contribution >= 0.6 is 0 Å². The van der Waals surface area contributed by atoms with Crippen molar-refractivity contribution in [3.63, 3.8) is 0 Å². The summed E-state index contributed by atoms with van der Waals surface area (Å²) in [7, 11) is 0. The first kappa shape index (κ1) is 18.8. The first-order chi connectivity index (χ1) is 12.8. The minimum absolute atomic E-state index is 0.00437. The monoisotopic (exact) mass is 376 g/mol. The van der Waals surface area contributed by atoms with E-state index in [1.165, 1.54) is 17.0 Å². The normalized spacial score (nSPS) is 19.1. The van der Waals surface area contributed by atoms with Crippen molar-refractivity contribution in [1.29, 1.82) is 0 Å². The lowest BCUT2D eigenvalue weighted by Crippen LogP contribution is -2.40. The van der Waals surface area contributed by atoms with Gasteiger partial charge in [-0.05, 0) is 42.3 Å². The van der Waals surface area contributed by atoms with Crippen LogP contribution in [0, 0.1) is 11.6 Å². The number of carboxylic acid groups (broad SMARTS) is 1. The fourth-order valence-corrected chi connectivity index (χ4v) is 3.15. The number of hydrogen-bond acceptors (Lipinski definition) is 3. The van der Waals surface area contributed by atoms with Gasteiger partial charge in [0.15, 0.2) is 0 Å². The van der Waals surface area contributed by atoms with Gasteiger partial charge in [-0.15, -0.1) is 0 Å². The molecule has 0 bridgehead atoms. The predicted octanol–water partition coefficient (Wildman–Crippen LogP) is 2.68. The van der Waals surface area contributed by atoms with E-state index in [9.17, 15) is 23.5 Å². The maximum Gasteiger partial charge on any atom is 0.335 e. The Morgan fingerprint density at radius 3 is 2.52 bits per heavy atom. The number of likely N-dealkylation sites (tertiary alicyclic amines) is 1. The van der Waals surface area contributed by atoms with Crippen molar-refractivity contribution in [2.24, 2.45) is 0 Å². The van der Waals surface area contributed by atoms with Crippen LogP contribution in [0.5, 0.6) is 0 Å². The molecule has 1 aliphatic heterocycles. The number of rotatable bonds is 4. The quantitative estimate of drug-likeness (QED) is 0.765.